The van der Waals surface area contributed by atoms with Crippen LogP contribution in [-0.2, 0) is 0 Å². The molecule has 0 amide bonds. The van der Waals surface area contributed by atoms with Crippen molar-refractivity contribution >= 4 is 29.2 Å². The standard InChI is InChI=1S/C11H15ClN2OS/c1-6(15)7(2)16-10-4-3-8(12)5-9(10)11(13)14/h3-7,15H,1-2H3,(H3,13,14). The second-order valence-electron chi connectivity index (χ2n) is 3.62. The third-order valence-electron chi connectivity index (χ3n) is 2.22. The first-order chi connectivity index (χ1) is 7.41. The number of benzene rings is 1. The summed E-state index contributed by atoms with van der Waals surface area (Å²) in [4.78, 5) is 0.866. The SMILES string of the molecule is CC(O)C(C)Sc1ccc(Cl)cc1C(=N)N. The van der Waals surface area contributed by atoms with Crippen molar-refractivity contribution in [2.75, 3.05) is 0 Å². The number of rotatable bonds is 4. The predicted molar refractivity (Wildman–Crippen MR) is 69.5 cm³/mol. The number of hydrogen-bond donors (Lipinski definition) is 3. The molecule has 3 nitrogen and oxygen atoms in total. The number of nitrogens with one attached hydrogen (secondary N) is 1. The van der Waals surface area contributed by atoms with Crippen LogP contribution >= 0.6 is 23.4 Å². The van der Waals surface area contributed by atoms with Crippen LogP contribution in [0.2, 0.25) is 5.02 Å². The van der Waals surface area contributed by atoms with Gasteiger partial charge in [-0.3, -0.25) is 5.41 Å². The molecule has 16 heavy (non-hydrogen) atoms. The number of aliphatic hydroxyl groups is 1. The van der Waals surface area contributed by atoms with Crippen molar-refractivity contribution in [1.82, 2.24) is 0 Å². The zero-order valence-corrected chi connectivity index (χ0v) is 10.8. The van der Waals surface area contributed by atoms with Crippen LogP contribution in [0, 0.1) is 5.41 Å². The number of halogens is 1. The third-order valence-corrected chi connectivity index (χ3v) is 3.83. The van der Waals surface area contributed by atoms with Gasteiger partial charge in [-0.15, -0.1) is 11.8 Å². The fraction of sp³-hybridized carbons (Fsp3) is 0.364. The lowest BCUT2D eigenvalue weighted by Crippen LogP contribution is -2.17. The predicted octanol–water partition coefficient (Wildman–Crippen LogP) is 2.49. The van der Waals surface area contributed by atoms with E-state index >= 15 is 0 Å². The second-order valence-corrected chi connectivity index (χ2v) is 5.47. The average molecular weight is 259 g/mol. The van der Waals surface area contributed by atoms with Gasteiger partial charge in [0, 0.05) is 20.7 Å². The molecule has 0 aliphatic carbocycles. The van der Waals surface area contributed by atoms with E-state index in [4.69, 9.17) is 22.7 Å². The van der Waals surface area contributed by atoms with Crippen molar-refractivity contribution < 1.29 is 5.11 Å². The first-order valence-corrected chi connectivity index (χ1v) is 6.16. The Labute approximate surface area is 105 Å². The summed E-state index contributed by atoms with van der Waals surface area (Å²) in [6.45, 7) is 3.66. The molecule has 0 aliphatic heterocycles. The van der Waals surface area contributed by atoms with E-state index in [2.05, 4.69) is 0 Å². The summed E-state index contributed by atoms with van der Waals surface area (Å²) in [5, 5.41) is 17.5. The molecule has 0 radical (unpaired) electrons. The Hall–Kier alpha value is -0.710. The van der Waals surface area contributed by atoms with Gasteiger partial charge in [-0.25, -0.2) is 0 Å². The molecule has 1 aromatic carbocycles. The van der Waals surface area contributed by atoms with Gasteiger partial charge in [-0.05, 0) is 25.1 Å². The van der Waals surface area contributed by atoms with Crippen LogP contribution in [0.4, 0.5) is 0 Å². The minimum absolute atomic E-state index is 0.0113. The number of hydrogen-bond acceptors (Lipinski definition) is 3. The van der Waals surface area contributed by atoms with Gasteiger partial charge in [0.1, 0.15) is 5.84 Å². The summed E-state index contributed by atoms with van der Waals surface area (Å²) in [6.07, 6.45) is -0.416. The van der Waals surface area contributed by atoms with Gasteiger partial charge in [-0.1, -0.05) is 18.5 Å². The molecule has 2 atom stereocenters. The molecule has 0 aromatic heterocycles. The smallest absolute Gasteiger partial charge is 0.123 e. The molecular weight excluding hydrogens is 244 g/mol. The van der Waals surface area contributed by atoms with Crippen molar-refractivity contribution in [3.63, 3.8) is 0 Å². The molecule has 0 heterocycles. The highest BCUT2D eigenvalue weighted by Gasteiger charge is 2.14. The third kappa shape index (κ3) is 3.40. The zero-order chi connectivity index (χ0) is 12.3. The van der Waals surface area contributed by atoms with Crippen LogP contribution < -0.4 is 5.73 Å². The number of thioether (sulfide) groups is 1. The molecule has 0 spiro atoms. The number of aliphatic hydroxyl groups excluding tert-OH is 1. The number of nitrogens with two attached hydrogens (primary N) is 1. The molecular formula is C11H15ClN2OS. The summed E-state index contributed by atoms with van der Waals surface area (Å²) < 4.78 is 0. The Morgan fingerprint density at radius 1 is 1.50 bits per heavy atom. The Bertz CT molecular complexity index is 396. The van der Waals surface area contributed by atoms with E-state index in [0.29, 0.717) is 10.6 Å². The Kier molecular flexibility index (Phi) is 4.65. The summed E-state index contributed by atoms with van der Waals surface area (Å²) in [5.74, 6) is -0.0113. The largest absolute Gasteiger partial charge is 0.392 e. The van der Waals surface area contributed by atoms with Crippen LogP contribution in [0.5, 0.6) is 0 Å². The van der Waals surface area contributed by atoms with Crippen LogP contribution in [0.25, 0.3) is 0 Å². The lowest BCUT2D eigenvalue weighted by atomic mass is 10.2. The van der Waals surface area contributed by atoms with Gasteiger partial charge in [0.15, 0.2) is 0 Å². The average Bonchev–Trinajstić information content (AvgIpc) is 2.20. The maximum absolute atomic E-state index is 9.43. The summed E-state index contributed by atoms with van der Waals surface area (Å²) in [5.41, 5.74) is 6.10. The molecule has 5 heteroatoms. The van der Waals surface area contributed by atoms with Gasteiger partial charge >= 0.3 is 0 Å². The van der Waals surface area contributed by atoms with E-state index in [0.717, 1.165) is 4.90 Å². The van der Waals surface area contributed by atoms with Gasteiger partial charge in [0.2, 0.25) is 0 Å². The van der Waals surface area contributed by atoms with Crippen LogP contribution in [0.15, 0.2) is 23.1 Å². The van der Waals surface area contributed by atoms with Gasteiger partial charge < -0.3 is 10.8 Å². The van der Waals surface area contributed by atoms with Crippen molar-refractivity contribution in [3.05, 3.63) is 28.8 Å². The zero-order valence-electron chi connectivity index (χ0n) is 9.20. The van der Waals surface area contributed by atoms with E-state index in [-0.39, 0.29) is 11.1 Å². The first kappa shape index (κ1) is 13.4. The van der Waals surface area contributed by atoms with E-state index in [9.17, 15) is 5.11 Å². The normalized spacial score (nSPS) is 14.5. The van der Waals surface area contributed by atoms with Gasteiger partial charge in [-0.2, -0.15) is 0 Å². The van der Waals surface area contributed by atoms with Crippen molar-refractivity contribution in [2.45, 2.75) is 30.1 Å². The molecule has 1 rings (SSSR count). The molecule has 88 valence electrons. The molecule has 0 aliphatic rings. The Morgan fingerprint density at radius 2 is 2.12 bits per heavy atom. The molecule has 0 saturated carbocycles. The van der Waals surface area contributed by atoms with Crippen molar-refractivity contribution in [3.8, 4) is 0 Å². The summed E-state index contributed by atoms with van der Waals surface area (Å²) in [6, 6.07) is 5.24. The Balaban J connectivity index is 2.99. The van der Waals surface area contributed by atoms with E-state index in [1.165, 1.54) is 11.8 Å². The maximum Gasteiger partial charge on any atom is 0.123 e. The lowest BCUT2D eigenvalue weighted by Gasteiger charge is -2.16. The molecule has 0 saturated heterocycles. The topological polar surface area (TPSA) is 70.1 Å². The number of nitrogen functional groups attached to an aromatic ring is 1. The quantitative estimate of drug-likeness (QED) is 0.441. The molecule has 0 fully saturated rings. The van der Waals surface area contributed by atoms with E-state index < -0.39 is 6.10 Å². The molecule has 0 bridgehead atoms. The van der Waals surface area contributed by atoms with Crippen LogP contribution in [0.3, 0.4) is 0 Å². The summed E-state index contributed by atoms with van der Waals surface area (Å²) in [7, 11) is 0. The van der Waals surface area contributed by atoms with E-state index in [1.54, 1.807) is 19.1 Å². The van der Waals surface area contributed by atoms with Gasteiger partial charge in [0.25, 0.3) is 0 Å². The minimum Gasteiger partial charge on any atom is -0.392 e. The molecule has 4 N–H and O–H groups in total. The van der Waals surface area contributed by atoms with Crippen LogP contribution in [-0.4, -0.2) is 22.3 Å². The van der Waals surface area contributed by atoms with Gasteiger partial charge in [0.05, 0.1) is 6.10 Å². The molecule has 2 unspecified atom stereocenters. The second kappa shape index (κ2) is 5.57. The summed E-state index contributed by atoms with van der Waals surface area (Å²) >= 11 is 7.33. The van der Waals surface area contributed by atoms with E-state index in [1.807, 2.05) is 13.0 Å². The highest BCUT2D eigenvalue weighted by Crippen LogP contribution is 2.30. The first-order valence-electron chi connectivity index (χ1n) is 4.90. The Morgan fingerprint density at radius 3 is 2.62 bits per heavy atom. The lowest BCUT2D eigenvalue weighted by molar-refractivity contribution is 0.196. The van der Waals surface area contributed by atoms with Crippen molar-refractivity contribution in [1.29, 1.82) is 5.41 Å². The fourth-order valence-electron chi connectivity index (χ4n) is 1.11. The molecule has 1 aromatic rings. The fourth-order valence-corrected chi connectivity index (χ4v) is 2.33. The highest BCUT2D eigenvalue weighted by atomic mass is 35.5. The van der Waals surface area contributed by atoms with Crippen molar-refractivity contribution in [2.24, 2.45) is 5.73 Å². The minimum atomic E-state index is -0.416. The van der Waals surface area contributed by atoms with Crippen LogP contribution in [0.1, 0.15) is 19.4 Å². The monoisotopic (exact) mass is 258 g/mol. The number of amidine groups is 1. The maximum atomic E-state index is 9.43. The highest BCUT2D eigenvalue weighted by molar-refractivity contribution is 8.00.